The summed E-state index contributed by atoms with van der Waals surface area (Å²) in [6.45, 7) is 4.08. The number of alkyl halides is 1. The van der Waals surface area contributed by atoms with Gasteiger partial charge in [-0.05, 0) is 75.0 Å². The Labute approximate surface area is 215 Å². The molecule has 7 nitrogen and oxygen atoms in total. The molecule has 2 bridgehead atoms. The zero-order chi connectivity index (χ0) is 26.1. The van der Waals surface area contributed by atoms with Crippen LogP contribution < -0.4 is 0 Å². The van der Waals surface area contributed by atoms with Gasteiger partial charge in [0.1, 0.15) is 23.3 Å². The molecule has 2 spiro atoms. The van der Waals surface area contributed by atoms with Gasteiger partial charge in [-0.25, -0.2) is 9.37 Å². The van der Waals surface area contributed by atoms with E-state index in [0.717, 1.165) is 23.1 Å². The third-order valence-electron chi connectivity index (χ3n) is 10.6. The van der Waals surface area contributed by atoms with E-state index in [2.05, 4.69) is 24.1 Å². The highest BCUT2D eigenvalue weighted by Crippen LogP contribution is 2.70. The van der Waals surface area contributed by atoms with Crippen LogP contribution in [0.3, 0.4) is 0 Å². The maximum absolute atomic E-state index is 17.0. The fourth-order valence-electron chi connectivity index (χ4n) is 8.74. The average molecular weight is 511 g/mol. The molecule has 3 aliphatic carbocycles. The molecular weight excluding hydrogens is 475 g/mol. The molecule has 0 amide bonds. The zero-order valence-corrected chi connectivity index (χ0v) is 21.7. The van der Waals surface area contributed by atoms with Crippen molar-refractivity contribution in [2.45, 2.75) is 87.2 Å². The van der Waals surface area contributed by atoms with Crippen molar-refractivity contribution < 1.29 is 28.9 Å². The smallest absolute Gasteiger partial charge is 0.197 e. The van der Waals surface area contributed by atoms with E-state index in [1.54, 1.807) is 0 Å². The first-order valence-electron chi connectivity index (χ1n) is 13.4. The standard InChI is InChI=1S/C29H35FN2O5/c1-15-31-19-7-5-16(13-21(19)36-15)17-6-8-22-26(17,2)10-9-18-24(34)29(30)25(35)23(33)20(32(3)4)14-27(29)11-12-28(18,22)37-27/h5-7,9,13,20,22-25,33-35H,8,10-12,14H2,1-4H3. The Bertz CT molecular complexity index is 1370. The lowest BCUT2D eigenvalue weighted by atomic mass is 9.55. The summed E-state index contributed by atoms with van der Waals surface area (Å²) < 4.78 is 29.7. The highest BCUT2D eigenvalue weighted by atomic mass is 19.1. The van der Waals surface area contributed by atoms with Gasteiger partial charge < -0.3 is 29.4 Å². The van der Waals surface area contributed by atoms with E-state index in [9.17, 15) is 15.3 Å². The Hall–Kier alpha value is -2.10. The highest BCUT2D eigenvalue weighted by molar-refractivity contribution is 5.82. The maximum Gasteiger partial charge on any atom is 0.197 e. The molecule has 7 rings (SSSR count). The summed E-state index contributed by atoms with van der Waals surface area (Å²) in [7, 11) is 3.63. The number of likely N-dealkylation sites (N-methyl/N-ethyl adjacent to an activating group) is 1. The van der Waals surface area contributed by atoms with Gasteiger partial charge in [0.05, 0.1) is 11.7 Å². The number of allylic oxidation sites excluding steroid dienone is 3. The number of hydrogen-bond donors (Lipinski definition) is 3. The molecule has 8 heteroatoms. The monoisotopic (exact) mass is 510 g/mol. The molecule has 198 valence electrons. The van der Waals surface area contributed by atoms with Crippen molar-refractivity contribution >= 4 is 16.7 Å². The topological polar surface area (TPSA) is 99.2 Å². The number of aliphatic hydroxyl groups is 3. The van der Waals surface area contributed by atoms with Crippen LogP contribution in [0.25, 0.3) is 16.7 Å². The minimum Gasteiger partial charge on any atom is -0.441 e. The molecule has 5 aliphatic rings. The number of aromatic nitrogens is 1. The second-order valence-electron chi connectivity index (χ2n) is 12.4. The van der Waals surface area contributed by atoms with Crippen LogP contribution in [0, 0.1) is 18.3 Å². The summed E-state index contributed by atoms with van der Waals surface area (Å²) in [5, 5.41) is 33.5. The maximum atomic E-state index is 17.0. The van der Waals surface area contributed by atoms with Crippen molar-refractivity contribution in [3.8, 4) is 0 Å². The quantitative estimate of drug-likeness (QED) is 0.533. The molecule has 37 heavy (non-hydrogen) atoms. The number of benzene rings is 1. The van der Waals surface area contributed by atoms with Gasteiger partial charge in [0.15, 0.2) is 17.1 Å². The second kappa shape index (κ2) is 7.30. The van der Waals surface area contributed by atoms with E-state index in [1.165, 1.54) is 5.57 Å². The number of ether oxygens (including phenoxy) is 1. The lowest BCUT2D eigenvalue weighted by Gasteiger charge is -2.62. The van der Waals surface area contributed by atoms with Gasteiger partial charge in [-0.15, -0.1) is 0 Å². The van der Waals surface area contributed by atoms with Crippen LogP contribution in [-0.4, -0.2) is 80.5 Å². The number of fused-ring (bicyclic) bond motifs is 2. The third kappa shape index (κ3) is 2.71. The predicted octanol–water partition coefficient (Wildman–Crippen LogP) is 3.30. The van der Waals surface area contributed by atoms with Crippen LogP contribution in [0.5, 0.6) is 0 Å². The van der Waals surface area contributed by atoms with Crippen molar-refractivity contribution in [2.75, 3.05) is 14.1 Å². The first-order chi connectivity index (χ1) is 17.5. The molecule has 1 saturated carbocycles. The third-order valence-corrected chi connectivity index (χ3v) is 10.6. The number of halogens is 1. The van der Waals surface area contributed by atoms with E-state index >= 15 is 4.39 Å². The van der Waals surface area contributed by atoms with Crippen molar-refractivity contribution in [2.24, 2.45) is 11.3 Å². The summed E-state index contributed by atoms with van der Waals surface area (Å²) in [6, 6.07) is 5.64. The van der Waals surface area contributed by atoms with Crippen LogP contribution in [0.1, 0.15) is 50.5 Å². The predicted molar refractivity (Wildman–Crippen MR) is 135 cm³/mol. The molecule has 3 N–H and O–H groups in total. The summed E-state index contributed by atoms with van der Waals surface area (Å²) >= 11 is 0. The van der Waals surface area contributed by atoms with Crippen LogP contribution >= 0.6 is 0 Å². The Morgan fingerprint density at radius 3 is 2.68 bits per heavy atom. The van der Waals surface area contributed by atoms with E-state index in [4.69, 9.17) is 9.15 Å². The van der Waals surface area contributed by atoms with Crippen molar-refractivity contribution in [3.05, 3.63) is 47.4 Å². The normalized spacial score (nSPS) is 46.5. The number of aryl methyl sites for hydroxylation is 1. The first-order valence-corrected chi connectivity index (χ1v) is 13.4. The van der Waals surface area contributed by atoms with Crippen molar-refractivity contribution in [1.82, 2.24) is 9.88 Å². The Morgan fingerprint density at radius 2 is 1.92 bits per heavy atom. The molecule has 2 aromatic rings. The number of hydrogen-bond acceptors (Lipinski definition) is 7. The van der Waals surface area contributed by atoms with Crippen LogP contribution in [0.4, 0.5) is 4.39 Å². The largest absolute Gasteiger partial charge is 0.441 e. The summed E-state index contributed by atoms with van der Waals surface area (Å²) in [5.74, 6) is 0.648. The molecule has 2 aliphatic heterocycles. The van der Waals surface area contributed by atoms with Gasteiger partial charge >= 0.3 is 0 Å². The minimum absolute atomic E-state index is 0.0162. The lowest BCUT2D eigenvalue weighted by Crippen LogP contribution is -2.78. The molecule has 1 aromatic carbocycles. The minimum atomic E-state index is -2.47. The van der Waals surface area contributed by atoms with Crippen LogP contribution in [-0.2, 0) is 4.74 Å². The molecule has 9 unspecified atom stereocenters. The first kappa shape index (κ1) is 24.0. The van der Waals surface area contributed by atoms with E-state index < -0.39 is 41.2 Å². The molecular formula is C29H35FN2O5. The van der Waals surface area contributed by atoms with Gasteiger partial charge in [0.25, 0.3) is 0 Å². The summed E-state index contributed by atoms with van der Waals surface area (Å²) in [6.07, 6.45) is 2.17. The highest BCUT2D eigenvalue weighted by Gasteiger charge is 2.79. The lowest BCUT2D eigenvalue weighted by molar-refractivity contribution is -0.308. The second-order valence-corrected chi connectivity index (χ2v) is 12.4. The fraction of sp³-hybridized carbons (Fsp3) is 0.621. The molecule has 1 aromatic heterocycles. The average Bonchev–Trinajstić information content (AvgIpc) is 3.51. The Kier molecular flexibility index (Phi) is 4.73. The summed E-state index contributed by atoms with van der Waals surface area (Å²) in [4.78, 5) is 6.24. The van der Waals surface area contributed by atoms with Crippen LogP contribution in [0.15, 0.2) is 40.3 Å². The number of rotatable bonds is 2. The fourth-order valence-corrected chi connectivity index (χ4v) is 8.74. The summed E-state index contributed by atoms with van der Waals surface area (Å²) in [5.41, 5.74) is -0.519. The molecule has 0 radical (unpaired) electrons. The van der Waals surface area contributed by atoms with Gasteiger partial charge in [0, 0.05) is 24.3 Å². The van der Waals surface area contributed by atoms with Gasteiger partial charge in [-0.1, -0.05) is 25.1 Å². The number of aliphatic hydroxyl groups excluding tert-OH is 3. The molecule has 3 fully saturated rings. The number of nitrogens with zero attached hydrogens (tertiary/aromatic N) is 2. The molecule has 3 heterocycles. The van der Waals surface area contributed by atoms with Gasteiger partial charge in [-0.3, -0.25) is 0 Å². The Morgan fingerprint density at radius 1 is 1.14 bits per heavy atom. The van der Waals surface area contributed by atoms with Crippen LogP contribution in [0.2, 0.25) is 0 Å². The molecule has 9 atom stereocenters. The Balaban J connectivity index is 1.32. The zero-order valence-electron chi connectivity index (χ0n) is 21.7. The SMILES string of the molecule is Cc1nc2ccc(C3=CCC4C3(C)CC=C3C(O)C5(F)C(O)C(O)C(N(C)C)CC56CCC34O6)cc2o1. The molecule has 2 saturated heterocycles. The van der Waals surface area contributed by atoms with E-state index in [-0.39, 0.29) is 17.8 Å². The van der Waals surface area contributed by atoms with Gasteiger partial charge in [0.2, 0.25) is 0 Å². The van der Waals surface area contributed by atoms with Crippen molar-refractivity contribution in [1.29, 1.82) is 0 Å². The number of oxazole rings is 1. The van der Waals surface area contributed by atoms with Crippen molar-refractivity contribution in [3.63, 3.8) is 0 Å². The van der Waals surface area contributed by atoms with Gasteiger partial charge in [-0.2, -0.15) is 0 Å². The van der Waals surface area contributed by atoms with E-state index in [1.807, 2.05) is 44.1 Å². The van der Waals surface area contributed by atoms with E-state index in [0.29, 0.717) is 30.7 Å².